The number of amides is 1. The molecule has 1 heterocycles. The fraction of sp³-hybridized carbons (Fsp3) is 0.636. The summed E-state index contributed by atoms with van der Waals surface area (Å²) in [6.07, 6.45) is 3.80. The Kier molecular flexibility index (Phi) is 6.87. The Balaban J connectivity index is 1.62. The zero-order valence-electron chi connectivity index (χ0n) is 18.0. The van der Waals surface area contributed by atoms with E-state index in [0.717, 1.165) is 18.4 Å². The number of hydrogen-bond acceptors (Lipinski definition) is 5. The third kappa shape index (κ3) is 4.54. The van der Waals surface area contributed by atoms with E-state index in [-0.39, 0.29) is 29.8 Å². The predicted octanol–water partition coefficient (Wildman–Crippen LogP) is 2.81. The smallest absolute Gasteiger partial charge is 0.331 e. The highest BCUT2D eigenvalue weighted by molar-refractivity contribution is 7.89. The van der Waals surface area contributed by atoms with Gasteiger partial charge in [-0.3, -0.25) is 4.79 Å². The number of carbonyl (C=O) groups excluding carboxylic acids is 2. The summed E-state index contributed by atoms with van der Waals surface area (Å²) in [7, 11) is -2.24. The number of nitrogens with zero attached hydrogens (tertiary/aromatic N) is 1. The average molecular weight is 437 g/mol. The molecule has 0 bridgehead atoms. The van der Waals surface area contributed by atoms with Crippen molar-refractivity contribution < 1.29 is 22.7 Å². The minimum absolute atomic E-state index is 0.180. The molecule has 1 saturated carbocycles. The van der Waals surface area contributed by atoms with Gasteiger partial charge in [0.15, 0.2) is 0 Å². The number of piperidine rings is 1. The van der Waals surface area contributed by atoms with Crippen LogP contribution < -0.4 is 5.32 Å². The number of nitrogens with one attached hydrogen (secondary N) is 1. The molecule has 2 aliphatic rings. The molecule has 1 N–H and O–H groups in total. The van der Waals surface area contributed by atoms with Crippen molar-refractivity contribution in [1.29, 1.82) is 0 Å². The summed E-state index contributed by atoms with van der Waals surface area (Å²) in [6, 6.07) is 7.02. The molecule has 1 aromatic carbocycles. The molecule has 1 aliphatic heterocycles. The Labute approximate surface area is 179 Å². The fourth-order valence-corrected chi connectivity index (χ4v) is 5.89. The molecule has 1 saturated heterocycles. The molecule has 2 fully saturated rings. The Bertz CT molecular complexity index is 865. The van der Waals surface area contributed by atoms with Crippen LogP contribution in [0.25, 0.3) is 0 Å². The second kappa shape index (κ2) is 9.06. The van der Waals surface area contributed by atoms with E-state index in [0.29, 0.717) is 31.6 Å². The van der Waals surface area contributed by atoms with Gasteiger partial charge in [0.1, 0.15) is 5.54 Å². The van der Waals surface area contributed by atoms with Gasteiger partial charge in [0.25, 0.3) is 0 Å². The van der Waals surface area contributed by atoms with Crippen LogP contribution in [0.3, 0.4) is 0 Å². The molecule has 0 unspecified atom stereocenters. The molecule has 0 spiro atoms. The van der Waals surface area contributed by atoms with Crippen LogP contribution in [0, 0.1) is 5.92 Å². The van der Waals surface area contributed by atoms with Crippen LogP contribution in [0.4, 0.5) is 0 Å². The van der Waals surface area contributed by atoms with Crippen molar-refractivity contribution in [2.24, 2.45) is 5.92 Å². The number of hydrogen-bond donors (Lipinski definition) is 1. The van der Waals surface area contributed by atoms with E-state index in [2.05, 4.69) is 19.2 Å². The zero-order chi connectivity index (χ0) is 21.9. The average Bonchev–Trinajstić information content (AvgIpc) is 3.22. The van der Waals surface area contributed by atoms with Gasteiger partial charge in [0.2, 0.25) is 15.9 Å². The van der Waals surface area contributed by atoms with Crippen LogP contribution in [-0.2, 0) is 24.3 Å². The van der Waals surface area contributed by atoms with Gasteiger partial charge in [0.05, 0.1) is 12.0 Å². The highest BCUT2D eigenvalue weighted by atomic mass is 32.2. The highest BCUT2D eigenvalue weighted by Crippen LogP contribution is 2.32. The largest absolute Gasteiger partial charge is 0.467 e. The predicted molar refractivity (Wildman–Crippen MR) is 113 cm³/mol. The van der Waals surface area contributed by atoms with Gasteiger partial charge >= 0.3 is 5.97 Å². The molecule has 1 amide bonds. The summed E-state index contributed by atoms with van der Waals surface area (Å²) >= 11 is 0. The minimum Gasteiger partial charge on any atom is -0.467 e. The van der Waals surface area contributed by atoms with Crippen molar-refractivity contribution in [3.05, 3.63) is 29.8 Å². The lowest BCUT2D eigenvalue weighted by molar-refractivity contribution is -0.151. The summed E-state index contributed by atoms with van der Waals surface area (Å²) in [5, 5.41) is 2.93. The van der Waals surface area contributed by atoms with Gasteiger partial charge in [-0.2, -0.15) is 4.31 Å². The SMILES string of the molecule is COC(=O)C1(NC(=O)C2CCN(S(=O)(=O)c3ccc(C(C)C)cc3)CC2)CCCC1. The number of carbonyl (C=O) groups is 2. The highest BCUT2D eigenvalue weighted by Gasteiger charge is 2.45. The molecule has 0 atom stereocenters. The summed E-state index contributed by atoms with van der Waals surface area (Å²) in [4.78, 5) is 25.3. The molecule has 0 radical (unpaired) electrons. The second-order valence-corrected chi connectivity index (χ2v) is 10.6. The van der Waals surface area contributed by atoms with E-state index in [4.69, 9.17) is 4.74 Å². The van der Waals surface area contributed by atoms with Gasteiger partial charge in [-0.05, 0) is 49.3 Å². The molecule has 1 aliphatic carbocycles. The molecule has 7 nitrogen and oxygen atoms in total. The summed E-state index contributed by atoms with van der Waals surface area (Å²) < 4.78 is 32.3. The monoisotopic (exact) mass is 436 g/mol. The van der Waals surface area contributed by atoms with Crippen molar-refractivity contribution in [3.8, 4) is 0 Å². The maximum Gasteiger partial charge on any atom is 0.331 e. The first kappa shape index (κ1) is 22.7. The van der Waals surface area contributed by atoms with Crippen molar-refractivity contribution in [2.45, 2.75) is 68.7 Å². The Hall–Kier alpha value is -1.93. The van der Waals surface area contributed by atoms with E-state index >= 15 is 0 Å². The number of ether oxygens (including phenoxy) is 1. The molecule has 166 valence electrons. The number of esters is 1. The summed E-state index contributed by atoms with van der Waals surface area (Å²) in [6.45, 7) is 4.71. The topological polar surface area (TPSA) is 92.8 Å². The first-order valence-electron chi connectivity index (χ1n) is 10.7. The van der Waals surface area contributed by atoms with Crippen LogP contribution >= 0.6 is 0 Å². The number of benzene rings is 1. The first-order chi connectivity index (χ1) is 14.2. The lowest BCUT2D eigenvalue weighted by Crippen LogP contribution is -2.55. The quantitative estimate of drug-likeness (QED) is 0.692. The van der Waals surface area contributed by atoms with Crippen molar-refractivity contribution in [1.82, 2.24) is 9.62 Å². The molecule has 30 heavy (non-hydrogen) atoms. The van der Waals surface area contributed by atoms with Crippen LogP contribution in [0.5, 0.6) is 0 Å². The van der Waals surface area contributed by atoms with E-state index in [1.807, 2.05) is 12.1 Å². The third-order valence-corrected chi connectivity index (χ3v) is 8.32. The molecular formula is C22H32N2O5S. The molecule has 0 aromatic heterocycles. The van der Waals surface area contributed by atoms with Crippen molar-refractivity contribution in [2.75, 3.05) is 20.2 Å². The van der Waals surface area contributed by atoms with Gasteiger partial charge < -0.3 is 10.1 Å². The van der Waals surface area contributed by atoms with Crippen LogP contribution in [0.1, 0.15) is 63.9 Å². The third-order valence-electron chi connectivity index (χ3n) is 6.40. The lowest BCUT2D eigenvalue weighted by Gasteiger charge is -2.33. The van der Waals surface area contributed by atoms with E-state index in [1.54, 1.807) is 12.1 Å². The normalized spacial score (nSPS) is 20.3. The fourth-order valence-electron chi connectivity index (χ4n) is 4.42. The maximum atomic E-state index is 13.0. The van der Waals surface area contributed by atoms with Crippen LogP contribution in [0.15, 0.2) is 29.2 Å². The zero-order valence-corrected chi connectivity index (χ0v) is 18.8. The number of sulfonamides is 1. The van der Waals surface area contributed by atoms with E-state index in [1.165, 1.54) is 11.4 Å². The molecule has 1 aromatic rings. The van der Waals surface area contributed by atoms with Crippen LogP contribution in [-0.4, -0.2) is 50.3 Å². The minimum atomic E-state index is -3.58. The number of methoxy groups -OCH3 is 1. The van der Waals surface area contributed by atoms with Gasteiger partial charge in [-0.15, -0.1) is 0 Å². The van der Waals surface area contributed by atoms with Crippen molar-refractivity contribution in [3.63, 3.8) is 0 Å². The summed E-state index contributed by atoms with van der Waals surface area (Å²) in [5.41, 5.74) is 0.170. The van der Waals surface area contributed by atoms with E-state index in [9.17, 15) is 18.0 Å². The van der Waals surface area contributed by atoms with E-state index < -0.39 is 21.5 Å². The molecule has 3 rings (SSSR count). The molecule has 8 heteroatoms. The first-order valence-corrected chi connectivity index (χ1v) is 12.1. The number of rotatable bonds is 6. The Morgan fingerprint density at radius 3 is 2.17 bits per heavy atom. The Morgan fingerprint density at radius 1 is 1.10 bits per heavy atom. The molecular weight excluding hydrogens is 404 g/mol. The van der Waals surface area contributed by atoms with Crippen molar-refractivity contribution >= 4 is 21.9 Å². The summed E-state index contributed by atoms with van der Waals surface area (Å²) in [5.74, 6) is -0.537. The van der Waals surface area contributed by atoms with Gasteiger partial charge in [-0.1, -0.05) is 38.8 Å². The van der Waals surface area contributed by atoms with Crippen LogP contribution in [0.2, 0.25) is 0 Å². The van der Waals surface area contributed by atoms with Gasteiger partial charge in [0, 0.05) is 19.0 Å². The maximum absolute atomic E-state index is 13.0. The lowest BCUT2D eigenvalue weighted by atomic mass is 9.92. The standard InChI is InChI=1S/C22H32N2O5S/c1-16(2)17-6-8-19(9-7-17)30(27,28)24-14-10-18(11-15-24)20(25)23-22(21(26)29-3)12-4-5-13-22/h6-9,16,18H,4-5,10-15H2,1-3H3,(H,23,25). The van der Waals surface area contributed by atoms with Gasteiger partial charge in [-0.25, -0.2) is 13.2 Å². The Morgan fingerprint density at radius 2 is 1.67 bits per heavy atom. The second-order valence-electron chi connectivity index (χ2n) is 8.67.